The Bertz CT molecular complexity index is 459. The van der Waals surface area contributed by atoms with E-state index in [1.165, 1.54) is 7.11 Å². The maximum Gasteiger partial charge on any atom is 0.306 e. The van der Waals surface area contributed by atoms with E-state index in [0.29, 0.717) is 12.3 Å². The van der Waals surface area contributed by atoms with E-state index in [2.05, 4.69) is 19.5 Å². The Hall–Kier alpha value is -1.66. The van der Waals surface area contributed by atoms with Crippen molar-refractivity contribution in [2.24, 2.45) is 0 Å². The van der Waals surface area contributed by atoms with Crippen LogP contribution in [0.4, 0.5) is 0 Å². The number of hydrogen-bond donors (Lipinski definition) is 0. The van der Waals surface area contributed by atoms with Gasteiger partial charge in [-0.15, -0.1) is 0 Å². The van der Waals surface area contributed by atoms with Gasteiger partial charge in [0, 0.05) is 45.3 Å². The van der Waals surface area contributed by atoms with Gasteiger partial charge in [-0.05, 0) is 6.07 Å². The summed E-state index contributed by atoms with van der Waals surface area (Å²) in [5.41, 5.74) is 1.03. The first-order valence-corrected chi connectivity index (χ1v) is 7.22. The molecule has 1 saturated heterocycles. The molecule has 6 nitrogen and oxygen atoms in total. The highest BCUT2D eigenvalue weighted by Crippen LogP contribution is 2.11. The molecular formula is C15H23N3O3. The lowest BCUT2D eigenvalue weighted by Gasteiger charge is -2.34. The SMILES string of the molecule is COC(=O)CCN1CCN(Cc2cccc(OC)n2)CC1. The van der Waals surface area contributed by atoms with Gasteiger partial charge < -0.3 is 14.4 Å². The van der Waals surface area contributed by atoms with Gasteiger partial charge in [-0.2, -0.15) is 0 Å². The fourth-order valence-corrected chi connectivity index (χ4v) is 2.41. The van der Waals surface area contributed by atoms with Gasteiger partial charge in [-0.25, -0.2) is 4.98 Å². The van der Waals surface area contributed by atoms with Crippen LogP contribution in [0.5, 0.6) is 5.88 Å². The molecule has 0 radical (unpaired) electrons. The van der Waals surface area contributed by atoms with E-state index in [9.17, 15) is 4.79 Å². The zero-order chi connectivity index (χ0) is 15.1. The number of pyridine rings is 1. The van der Waals surface area contributed by atoms with Crippen molar-refractivity contribution in [1.82, 2.24) is 14.8 Å². The number of aromatic nitrogens is 1. The fraction of sp³-hybridized carbons (Fsp3) is 0.600. The van der Waals surface area contributed by atoms with Crippen LogP contribution in [0.15, 0.2) is 18.2 Å². The van der Waals surface area contributed by atoms with Crippen LogP contribution in [0.25, 0.3) is 0 Å². The largest absolute Gasteiger partial charge is 0.481 e. The average molecular weight is 293 g/mol. The Labute approximate surface area is 125 Å². The van der Waals surface area contributed by atoms with Gasteiger partial charge in [0.2, 0.25) is 5.88 Å². The van der Waals surface area contributed by atoms with Gasteiger partial charge in [-0.3, -0.25) is 9.69 Å². The first-order valence-electron chi connectivity index (χ1n) is 7.22. The monoisotopic (exact) mass is 293 g/mol. The number of nitrogens with zero attached hydrogens (tertiary/aromatic N) is 3. The fourth-order valence-electron chi connectivity index (χ4n) is 2.41. The predicted octanol–water partition coefficient (Wildman–Crippen LogP) is 0.771. The van der Waals surface area contributed by atoms with Crippen molar-refractivity contribution in [2.45, 2.75) is 13.0 Å². The van der Waals surface area contributed by atoms with Crippen LogP contribution in [0.3, 0.4) is 0 Å². The molecule has 1 aliphatic heterocycles. The minimum Gasteiger partial charge on any atom is -0.481 e. The number of ether oxygens (including phenoxy) is 2. The van der Waals surface area contributed by atoms with Crippen molar-refractivity contribution < 1.29 is 14.3 Å². The summed E-state index contributed by atoms with van der Waals surface area (Å²) in [5, 5.41) is 0. The van der Waals surface area contributed by atoms with Gasteiger partial charge in [0.1, 0.15) is 0 Å². The van der Waals surface area contributed by atoms with Crippen molar-refractivity contribution in [3.8, 4) is 5.88 Å². The lowest BCUT2D eigenvalue weighted by Crippen LogP contribution is -2.46. The molecule has 1 fully saturated rings. The second kappa shape index (κ2) is 7.95. The minimum absolute atomic E-state index is 0.141. The highest BCUT2D eigenvalue weighted by atomic mass is 16.5. The third kappa shape index (κ3) is 4.99. The molecule has 1 aliphatic rings. The lowest BCUT2D eigenvalue weighted by molar-refractivity contribution is -0.141. The zero-order valence-electron chi connectivity index (χ0n) is 12.7. The molecular weight excluding hydrogens is 270 g/mol. The summed E-state index contributed by atoms with van der Waals surface area (Å²) >= 11 is 0. The van der Waals surface area contributed by atoms with Gasteiger partial charge in [0.15, 0.2) is 0 Å². The summed E-state index contributed by atoms with van der Waals surface area (Å²) < 4.78 is 9.81. The van der Waals surface area contributed by atoms with Crippen molar-refractivity contribution >= 4 is 5.97 Å². The molecule has 116 valence electrons. The Morgan fingerprint density at radius 3 is 2.57 bits per heavy atom. The van der Waals surface area contributed by atoms with Crippen LogP contribution in [-0.4, -0.2) is 67.7 Å². The Morgan fingerprint density at radius 2 is 1.90 bits per heavy atom. The second-order valence-corrected chi connectivity index (χ2v) is 5.12. The third-order valence-corrected chi connectivity index (χ3v) is 3.70. The van der Waals surface area contributed by atoms with Crippen LogP contribution in [0, 0.1) is 0 Å². The third-order valence-electron chi connectivity index (χ3n) is 3.70. The summed E-state index contributed by atoms with van der Waals surface area (Å²) in [6, 6.07) is 5.84. The molecule has 2 heterocycles. The molecule has 6 heteroatoms. The number of piperazine rings is 1. The summed E-state index contributed by atoms with van der Waals surface area (Å²) in [4.78, 5) is 20.2. The van der Waals surface area contributed by atoms with Crippen LogP contribution >= 0.6 is 0 Å². The van der Waals surface area contributed by atoms with Crippen molar-refractivity contribution in [1.29, 1.82) is 0 Å². The molecule has 0 amide bonds. The highest BCUT2D eigenvalue weighted by Gasteiger charge is 2.18. The highest BCUT2D eigenvalue weighted by molar-refractivity contribution is 5.69. The second-order valence-electron chi connectivity index (χ2n) is 5.12. The van der Waals surface area contributed by atoms with E-state index < -0.39 is 0 Å². The minimum atomic E-state index is -0.141. The van der Waals surface area contributed by atoms with Crippen LogP contribution in [0.1, 0.15) is 12.1 Å². The molecule has 0 bridgehead atoms. The molecule has 0 atom stereocenters. The van der Waals surface area contributed by atoms with E-state index in [4.69, 9.17) is 4.74 Å². The first kappa shape index (κ1) is 15.7. The number of esters is 1. The van der Waals surface area contributed by atoms with Crippen molar-refractivity contribution in [2.75, 3.05) is 46.9 Å². The predicted molar refractivity (Wildman–Crippen MR) is 79.1 cm³/mol. The van der Waals surface area contributed by atoms with E-state index >= 15 is 0 Å². The molecule has 1 aromatic rings. The summed E-state index contributed by atoms with van der Waals surface area (Å²) in [7, 11) is 3.06. The van der Waals surface area contributed by atoms with E-state index in [1.54, 1.807) is 7.11 Å². The standard InChI is InChI=1S/C15H23N3O3/c1-20-14-5-3-4-13(16-14)12-18-10-8-17(9-11-18)7-6-15(19)21-2/h3-5H,6-12H2,1-2H3. The average Bonchev–Trinajstić information content (AvgIpc) is 2.54. The van der Waals surface area contributed by atoms with Gasteiger partial charge in [-0.1, -0.05) is 6.07 Å². The molecule has 0 aliphatic carbocycles. The molecule has 0 aromatic carbocycles. The maximum absolute atomic E-state index is 11.1. The summed E-state index contributed by atoms with van der Waals surface area (Å²) in [5.74, 6) is 0.516. The lowest BCUT2D eigenvalue weighted by atomic mass is 10.2. The number of methoxy groups -OCH3 is 2. The molecule has 0 saturated carbocycles. The van der Waals surface area contributed by atoms with Gasteiger partial charge in [0.25, 0.3) is 0 Å². The van der Waals surface area contributed by atoms with Gasteiger partial charge >= 0.3 is 5.97 Å². The van der Waals surface area contributed by atoms with Crippen LogP contribution < -0.4 is 4.74 Å². The maximum atomic E-state index is 11.1. The molecule has 0 spiro atoms. The molecule has 0 unspecified atom stereocenters. The molecule has 21 heavy (non-hydrogen) atoms. The summed E-state index contributed by atoms with van der Waals surface area (Å²) in [6.45, 7) is 5.53. The van der Waals surface area contributed by atoms with Crippen molar-refractivity contribution in [3.63, 3.8) is 0 Å². The number of rotatable bonds is 6. The number of carbonyl (C=O) groups is 1. The van der Waals surface area contributed by atoms with Crippen LogP contribution in [-0.2, 0) is 16.1 Å². The normalized spacial score (nSPS) is 16.7. The Morgan fingerprint density at radius 1 is 1.19 bits per heavy atom. The first-order chi connectivity index (χ1) is 10.2. The van der Waals surface area contributed by atoms with Crippen molar-refractivity contribution in [3.05, 3.63) is 23.9 Å². The molecule has 1 aromatic heterocycles. The quantitative estimate of drug-likeness (QED) is 0.722. The Kier molecular flexibility index (Phi) is 5.95. The molecule has 2 rings (SSSR count). The van der Waals surface area contributed by atoms with Gasteiger partial charge in [0.05, 0.1) is 26.3 Å². The smallest absolute Gasteiger partial charge is 0.306 e. The molecule has 0 N–H and O–H groups in total. The topological polar surface area (TPSA) is 54.9 Å². The summed E-state index contributed by atoms with van der Waals surface area (Å²) in [6.07, 6.45) is 0.466. The Balaban J connectivity index is 1.74. The van der Waals surface area contributed by atoms with E-state index in [0.717, 1.165) is 45.0 Å². The van der Waals surface area contributed by atoms with E-state index in [-0.39, 0.29) is 5.97 Å². The zero-order valence-corrected chi connectivity index (χ0v) is 12.7. The number of hydrogen-bond acceptors (Lipinski definition) is 6. The van der Waals surface area contributed by atoms with Crippen LogP contribution in [0.2, 0.25) is 0 Å². The number of carbonyl (C=O) groups excluding carboxylic acids is 1. The van der Waals surface area contributed by atoms with E-state index in [1.807, 2.05) is 18.2 Å².